The smallest absolute Gasteiger partial charge is 0.292 e. The van der Waals surface area contributed by atoms with Gasteiger partial charge in [0.05, 0.1) is 6.61 Å². The third-order valence-electron chi connectivity index (χ3n) is 2.22. The van der Waals surface area contributed by atoms with Gasteiger partial charge in [0, 0.05) is 19.2 Å². The van der Waals surface area contributed by atoms with E-state index in [0.29, 0.717) is 12.2 Å². The third kappa shape index (κ3) is 3.64. The molecule has 1 rings (SSSR count). The van der Waals surface area contributed by atoms with Gasteiger partial charge in [0.15, 0.2) is 0 Å². The molecule has 0 aliphatic heterocycles. The van der Waals surface area contributed by atoms with E-state index in [1.54, 1.807) is 0 Å². The maximum atomic E-state index is 13.0. The third-order valence-corrected chi connectivity index (χ3v) is 2.22. The molecule has 1 aromatic rings. The second-order valence-corrected chi connectivity index (χ2v) is 3.54. The summed E-state index contributed by atoms with van der Waals surface area (Å²) in [5.41, 5.74) is 0.513. The number of amides is 1. The summed E-state index contributed by atoms with van der Waals surface area (Å²) in [5.74, 6) is -1.79. The van der Waals surface area contributed by atoms with Crippen LogP contribution in [0.15, 0.2) is 18.2 Å². The van der Waals surface area contributed by atoms with Crippen LogP contribution >= 0.6 is 0 Å². The summed E-state index contributed by atoms with van der Waals surface area (Å²) >= 11 is 0. The summed E-state index contributed by atoms with van der Waals surface area (Å²) in [6, 6.07) is 3.82. The van der Waals surface area contributed by atoms with Gasteiger partial charge in [0.25, 0.3) is 5.91 Å². The van der Waals surface area contributed by atoms with Crippen LogP contribution in [0.3, 0.4) is 0 Å². The van der Waals surface area contributed by atoms with E-state index in [0.717, 1.165) is 0 Å². The van der Waals surface area contributed by atoms with E-state index in [9.17, 15) is 14.0 Å². The average molecular weight is 239 g/mol. The molecule has 0 bridgehead atoms. The summed E-state index contributed by atoms with van der Waals surface area (Å²) in [6.07, 6.45) is 0. The molecule has 4 nitrogen and oxygen atoms in total. The standard InChI is InChI=1S/C12H14FNO3/c1-8-7-9(3-4-10(8)13)11(15)12(16)14-5-6-17-2/h3-4,7H,5-6H2,1-2H3,(H,14,16). The van der Waals surface area contributed by atoms with E-state index in [2.05, 4.69) is 5.32 Å². The fourth-order valence-corrected chi connectivity index (χ4v) is 1.26. The van der Waals surface area contributed by atoms with Gasteiger partial charge in [-0.25, -0.2) is 4.39 Å². The zero-order valence-corrected chi connectivity index (χ0v) is 9.75. The van der Waals surface area contributed by atoms with Crippen molar-refractivity contribution in [2.24, 2.45) is 0 Å². The van der Waals surface area contributed by atoms with Gasteiger partial charge in [-0.05, 0) is 30.7 Å². The molecule has 0 radical (unpaired) electrons. The molecule has 0 fully saturated rings. The van der Waals surface area contributed by atoms with E-state index in [4.69, 9.17) is 4.74 Å². The van der Waals surface area contributed by atoms with Crippen molar-refractivity contribution < 1.29 is 18.7 Å². The molecule has 0 spiro atoms. The number of halogens is 1. The maximum absolute atomic E-state index is 13.0. The summed E-state index contributed by atoms with van der Waals surface area (Å²) < 4.78 is 17.7. The van der Waals surface area contributed by atoms with Crippen molar-refractivity contribution in [1.29, 1.82) is 0 Å². The highest BCUT2D eigenvalue weighted by Gasteiger charge is 2.16. The number of benzene rings is 1. The number of ether oxygens (including phenoxy) is 1. The Labute approximate surface area is 98.8 Å². The van der Waals surface area contributed by atoms with Crippen molar-refractivity contribution in [3.63, 3.8) is 0 Å². The zero-order valence-electron chi connectivity index (χ0n) is 9.75. The molecule has 1 amide bonds. The van der Waals surface area contributed by atoms with E-state index in [1.165, 1.54) is 32.2 Å². The highest BCUT2D eigenvalue weighted by Crippen LogP contribution is 2.09. The number of hydrogen-bond donors (Lipinski definition) is 1. The summed E-state index contributed by atoms with van der Waals surface area (Å²) in [5, 5.41) is 2.41. The Hall–Kier alpha value is -1.75. The Balaban J connectivity index is 2.68. The molecule has 0 aliphatic rings. The molecule has 0 aliphatic carbocycles. The minimum Gasteiger partial charge on any atom is -0.383 e. The lowest BCUT2D eigenvalue weighted by atomic mass is 10.1. The number of methoxy groups -OCH3 is 1. The monoisotopic (exact) mass is 239 g/mol. The average Bonchev–Trinajstić information content (AvgIpc) is 2.32. The van der Waals surface area contributed by atoms with Crippen LogP contribution in [0, 0.1) is 12.7 Å². The molecule has 0 aromatic heterocycles. The Morgan fingerprint density at radius 3 is 2.71 bits per heavy atom. The van der Waals surface area contributed by atoms with Gasteiger partial charge in [-0.2, -0.15) is 0 Å². The molecule has 0 atom stereocenters. The molecule has 0 heterocycles. The fourth-order valence-electron chi connectivity index (χ4n) is 1.26. The van der Waals surface area contributed by atoms with Crippen molar-refractivity contribution in [2.75, 3.05) is 20.3 Å². The van der Waals surface area contributed by atoms with Crippen LogP contribution in [-0.4, -0.2) is 32.0 Å². The first-order chi connectivity index (χ1) is 8.06. The topological polar surface area (TPSA) is 55.4 Å². The van der Waals surface area contributed by atoms with E-state index < -0.39 is 17.5 Å². The molecule has 0 unspecified atom stereocenters. The SMILES string of the molecule is COCCNC(=O)C(=O)c1ccc(F)c(C)c1. The first-order valence-corrected chi connectivity index (χ1v) is 5.14. The van der Waals surface area contributed by atoms with Crippen molar-refractivity contribution in [3.8, 4) is 0 Å². The molecule has 5 heteroatoms. The molecular formula is C12H14FNO3. The van der Waals surface area contributed by atoms with Crippen LogP contribution in [-0.2, 0) is 9.53 Å². The summed E-state index contributed by atoms with van der Waals surface area (Å²) in [4.78, 5) is 23.0. The largest absolute Gasteiger partial charge is 0.383 e. The number of carbonyl (C=O) groups excluding carboxylic acids is 2. The van der Waals surface area contributed by atoms with Crippen molar-refractivity contribution in [3.05, 3.63) is 35.1 Å². The Morgan fingerprint density at radius 2 is 2.12 bits per heavy atom. The Kier molecular flexibility index (Phi) is 4.78. The van der Waals surface area contributed by atoms with Crippen LogP contribution in [0.2, 0.25) is 0 Å². The van der Waals surface area contributed by atoms with Gasteiger partial charge in [-0.3, -0.25) is 9.59 Å². The number of Topliss-reactive ketones (excluding diaryl/α,β-unsaturated/α-hetero) is 1. The molecule has 17 heavy (non-hydrogen) atoms. The number of ketones is 1. The van der Waals surface area contributed by atoms with Gasteiger partial charge in [0.2, 0.25) is 5.78 Å². The minimum atomic E-state index is -0.715. The molecular weight excluding hydrogens is 225 g/mol. The summed E-state index contributed by atoms with van der Waals surface area (Å²) in [7, 11) is 1.50. The van der Waals surface area contributed by atoms with Crippen molar-refractivity contribution in [1.82, 2.24) is 5.32 Å². The number of nitrogens with one attached hydrogen (secondary N) is 1. The highest BCUT2D eigenvalue weighted by atomic mass is 19.1. The molecule has 0 saturated carbocycles. The lowest BCUT2D eigenvalue weighted by Gasteiger charge is -2.04. The van der Waals surface area contributed by atoms with Crippen molar-refractivity contribution >= 4 is 11.7 Å². The lowest BCUT2D eigenvalue weighted by Crippen LogP contribution is -2.33. The molecule has 1 aromatic carbocycles. The van der Waals surface area contributed by atoms with Crippen LogP contribution < -0.4 is 5.32 Å². The van der Waals surface area contributed by atoms with Crippen LogP contribution in [0.1, 0.15) is 15.9 Å². The number of rotatable bonds is 5. The maximum Gasteiger partial charge on any atom is 0.292 e. The quantitative estimate of drug-likeness (QED) is 0.475. The van der Waals surface area contributed by atoms with E-state index in [1.807, 2.05) is 0 Å². The van der Waals surface area contributed by atoms with E-state index in [-0.39, 0.29) is 12.1 Å². The Morgan fingerprint density at radius 1 is 1.41 bits per heavy atom. The first kappa shape index (κ1) is 13.3. The number of carbonyl (C=O) groups is 2. The fraction of sp³-hybridized carbons (Fsp3) is 0.333. The molecule has 92 valence electrons. The van der Waals surface area contributed by atoms with E-state index >= 15 is 0 Å². The van der Waals surface area contributed by atoms with Crippen LogP contribution in [0.5, 0.6) is 0 Å². The minimum absolute atomic E-state index is 0.179. The summed E-state index contributed by atoms with van der Waals surface area (Å²) in [6.45, 7) is 2.14. The van der Waals surface area contributed by atoms with Gasteiger partial charge < -0.3 is 10.1 Å². The first-order valence-electron chi connectivity index (χ1n) is 5.14. The zero-order chi connectivity index (χ0) is 12.8. The second-order valence-electron chi connectivity index (χ2n) is 3.54. The van der Waals surface area contributed by atoms with Gasteiger partial charge in [-0.1, -0.05) is 0 Å². The normalized spacial score (nSPS) is 10.1. The van der Waals surface area contributed by atoms with Crippen molar-refractivity contribution in [2.45, 2.75) is 6.92 Å². The van der Waals surface area contributed by atoms with Crippen LogP contribution in [0.4, 0.5) is 4.39 Å². The van der Waals surface area contributed by atoms with Crippen LogP contribution in [0.25, 0.3) is 0 Å². The lowest BCUT2D eigenvalue weighted by molar-refractivity contribution is -0.117. The van der Waals surface area contributed by atoms with Gasteiger partial charge in [0.1, 0.15) is 5.82 Å². The predicted octanol–water partition coefficient (Wildman–Crippen LogP) is 1.08. The Bertz CT molecular complexity index is 432. The van der Waals surface area contributed by atoms with Gasteiger partial charge >= 0.3 is 0 Å². The molecule has 1 N–H and O–H groups in total. The highest BCUT2D eigenvalue weighted by molar-refractivity contribution is 6.42. The number of hydrogen-bond acceptors (Lipinski definition) is 3. The molecule has 0 saturated heterocycles. The number of aryl methyl sites for hydroxylation is 1. The second kappa shape index (κ2) is 6.10. The predicted molar refractivity (Wildman–Crippen MR) is 60.4 cm³/mol. The van der Waals surface area contributed by atoms with Gasteiger partial charge in [-0.15, -0.1) is 0 Å².